The maximum Gasteiger partial charge on any atom is 0.276 e. The van der Waals surface area contributed by atoms with Crippen LogP contribution in [-0.2, 0) is 6.73 Å². The Balaban J connectivity index is 1.23. The lowest BCUT2D eigenvalue weighted by Gasteiger charge is -2.08. The molecule has 5 aromatic rings. The van der Waals surface area contributed by atoms with Crippen LogP contribution in [-0.4, -0.2) is 20.7 Å². The van der Waals surface area contributed by atoms with E-state index in [0.717, 1.165) is 20.8 Å². The highest BCUT2D eigenvalue weighted by molar-refractivity contribution is 7.21. The predicted molar refractivity (Wildman–Crippen MR) is 137 cm³/mol. The summed E-state index contributed by atoms with van der Waals surface area (Å²) in [6.07, 6.45) is 1.66. The number of halogens is 2. The van der Waals surface area contributed by atoms with Gasteiger partial charge < -0.3 is 10.1 Å². The molecule has 0 fully saturated rings. The normalized spacial score (nSPS) is 11.0. The molecule has 0 radical (unpaired) electrons. The van der Waals surface area contributed by atoms with Gasteiger partial charge in [0, 0.05) is 17.4 Å². The van der Waals surface area contributed by atoms with E-state index in [0.29, 0.717) is 21.5 Å². The molecule has 6 nitrogen and oxygen atoms in total. The van der Waals surface area contributed by atoms with Crippen molar-refractivity contribution in [2.75, 3.05) is 5.32 Å². The molecule has 0 aliphatic rings. The number of fused-ring (bicyclic) bond motifs is 1. The summed E-state index contributed by atoms with van der Waals surface area (Å²) in [6.45, 7) is 2.16. The molecule has 0 saturated carbocycles. The Morgan fingerprint density at radius 2 is 1.91 bits per heavy atom. The van der Waals surface area contributed by atoms with Gasteiger partial charge in [0.05, 0.1) is 15.2 Å². The highest BCUT2D eigenvalue weighted by atomic mass is 35.5. The van der Waals surface area contributed by atoms with Crippen molar-refractivity contribution in [3.05, 3.63) is 94.2 Å². The van der Waals surface area contributed by atoms with E-state index < -0.39 is 0 Å². The highest BCUT2D eigenvalue weighted by Crippen LogP contribution is 2.32. The van der Waals surface area contributed by atoms with Gasteiger partial charge in [0.2, 0.25) is 0 Å². The molecule has 0 aliphatic carbocycles. The number of ether oxygens (including phenoxy) is 1. The molecule has 0 aliphatic heterocycles. The van der Waals surface area contributed by atoms with Crippen LogP contribution in [0.25, 0.3) is 20.8 Å². The number of amides is 1. The third kappa shape index (κ3) is 4.77. The van der Waals surface area contributed by atoms with Gasteiger partial charge >= 0.3 is 0 Å². The second-order valence-electron chi connectivity index (χ2n) is 7.59. The first-order chi connectivity index (χ1) is 16.5. The third-order valence-corrected chi connectivity index (χ3v) is 6.94. The molecule has 1 N–H and O–H groups in total. The molecule has 1 amide bonds. The van der Waals surface area contributed by atoms with Crippen molar-refractivity contribution in [1.82, 2.24) is 14.8 Å². The number of benzene rings is 3. The Kier molecular flexibility index (Phi) is 6.24. The van der Waals surface area contributed by atoms with E-state index in [1.165, 1.54) is 10.2 Å². The third-order valence-electron chi connectivity index (χ3n) is 5.08. The molecule has 2 heterocycles. The SMILES string of the molecule is Cc1ccc2nc(-c3ccc(NC(=O)c4ccn(COc5cccc(Cl)c5Cl)n4)cc3)sc2c1. The van der Waals surface area contributed by atoms with Gasteiger partial charge in [-0.2, -0.15) is 5.10 Å². The number of carbonyl (C=O) groups is 1. The van der Waals surface area contributed by atoms with E-state index in [1.54, 1.807) is 41.8 Å². The van der Waals surface area contributed by atoms with Gasteiger partial charge in [-0.05, 0) is 67.1 Å². The zero-order valence-corrected chi connectivity index (χ0v) is 20.3. The van der Waals surface area contributed by atoms with E-state index in [1.807, 2.05) is 30.3 Å². The highest BCUT2D eigenvalue weighted by Gasteiger charge is 2.12. The minimum atomic E-state index is -0.317. The molecule has 0 saturated heterocycles. The van der Waals surface area contributed by atoms with Crippen molar-refractivity contribution < 1.29 is 9.53 Å². The summed E-state index contributed by atoms with van der Waals surface area (Å²) >= 11 is 13.8. The molecule has 170 valence electrons. The van der Waals surface area contributed by atoms with Crippen molar-refractivity contribution in [2.45, 2.75) is 13.7 Å². The summed E-state index contributed by atoms with van der Waals surface area (Å²) in [5, 5.41) is 8.81. The van der Waals surface area contributed by atoms with Crippen LogP contribution in [0.2, 0.25) is 10.0 Å². The average molecular weight is 509 g/mol. The molecule has 0 atom stereocenters. The number of carbonyl (C=O) groups excluding carboxylic acids is 1. The molecular formula is C25H18Cl2N4O2S. The molecule has 34 heavy (non-hydrogen) atoms. The summed E-state index contributed by atoms with van der Waals surface area (Å²) in [5.74, 6) is 0.127. The monoisotopic (exact) mass is 508 g/mol. The Morgan fingerprint density at radius 1 is 1.09 bits per heavy atom. The maximum atomic E-state index is 12.6. The number of nitrogens with zero attached hydrogens (tertiary/aromatic N) is 3. The summed E-state index contributed by atoms with van der Waals surface area (Å²) in [4.78, 5) is 17.3. The Morgan fingerprint density at radius 3 is 2.74 bits per heavy atom. The lowest BCUT2D eigenvalue weighted by molar-refractivity contribution is 0.102. The fourth-order valence-electron chi connectivity index (χ4n) is 3.33. The first-order valence-electron chi connectivity index (χ1n) is 10.4. The number of hydrogen-bond donors (Lipinski definition) is 1. The van der Waals surface area contributed by atoms with Crippen LogP contribution in [0.4, 0.5) is 5.69 Å². The minimum absolute atomic E-state index is 0.0870. The van der Waals surface area contributed by atoms with Gasteiger partial charge in [0.1, 0.15) is 15.8 Å². The standard InChI is InChI=1S/C25H18Cl2N4O2S/c1-15-5-10-19-22(13-15)34-25(29-19)16-6-8-17(9-7-16)28-24(32)20-11-12-31(30-20)14-33-21-4-2-3-18(26)23(21)27/h2-13H,14H2,1H3,(H,28,32). The van der Waals surface area contributed by atoms with Crippen LogP contribution in [0.15, 0.2) is 72.9 Å². The zero-order valence-electron chi connectivity index (χ0n) is 18.0. The van der Waals surface area contributed by atoms with Crippen molar-refractivity contribution in [2.24, 2.45) is 0 Å². The van der Waals surface area contributed by atoms with Crippen molar-refractivity contribution in [3.63, 3.8) is 0 Å². The second-order valence-corrected chi connectivity index (χ2v) is 9.40. The van der Waals surface area contributed by atoms with Crippen LogP contribution >= 0.6 is 34.5 Å². The lowest BCUT2D eigenvalue weighted by atomic mass is 10.2. The number of nitrogens with one attached hydrogen (secondary N) is 1. The number of rotatable bonds is 6. The fourth-order valence-corrected chi connectivity index (χ4v) is 4.75. The Bertz CT molecular complexity index is 1490. The summed E-state index contributed by atoms with van der Waals surface area (Å²) < 4.78 is 8.31. The van der Waals surface area contributed by atoms with Gasteiger partial charge in [-0.3, -0.25) is 4.79 Å². The van der Waals surface area contributed by atoms with Gasteiger partial charge in [-0.25, -0.2) is 9.67 Å². The zero-order chi connectivity index (χ0) is 23.7. The molecule has 5 rings (SSSR count). The number of aromatic nitrogens is 3. The number of aryl methyl sites for hydroxylation is 1. The van der Waals surface area contributed by atoms with E-state index in [-0.39, 0.29) is 18.3 Å². The first kappa shape index (κ1) is 22.4. The van der Waals surface area contributed by atoms with Crippen LogP contribution in [0.3, 0.4) is 0 Å². The minimum Gasteiger partial charge on any atom is -0.470 e. The number of anilines is 1. The second kappa shape index (κ2) is 9.46. The lowest BCUT2D eigenvalue weighted by Crippen LogP contribution is -2.14. The van der Waals surface area contributed by atoms with Crippen LogP contribution < -0.4 is 10.1 Å². The molecule has 3 aromatic carbocycles. The Hall–Kier alpha value is -3.39. The molecule has 9 heteroatoms. The van der Waals surface area contributed by atoms with Crippen LogP contribution in [0, 0.1) is 6.92 Å². The maximum absolute atomic E-state index is 12.6. The van der Waals surface area contributed by atoms with Crippen molar-refractivity contribution >= 4 is 56.3 Å². The Labute approximate surface area is 209 Å². The quantitative estimate of drug-likeness (QED) is 0.266. The smallest absolute Gasteiger partial charge is 0.276 e. The largest absolute Gasteiger partial charge is 0.470 e. The molecular weight excluding hydrogens is 491 g/mol. The number of thiazole rings is 1. The van der Waals surface area contributed by atoms with E-state index in [4.69, 9.17) is 32.9 Å². The van der Waals surface area contributed by atoms with Crippen LogP contribution in [0.1, 0.15) is 16.1 Å². The van der Waals surface area contributed by atoms with E-state index in [2.05, 4.69) is 29.5 Å². The molecule has 2 aromatic heterocycles. The fraction of sp³-hybridized carbons (Fsp3) is 0.0800. The van der Waals surface area contributed by atoms with Crippen LogP contribution in [0.5, 0.6) is 5.75 Å². The summed E-state index contributed by atoms with van der Waals surface area (Å²) in [6, 6.07) is 20.6. The van der Waals surface area contributed by atoms with Gasteiger partial charge in [-0.15, -0.1) is 11.3 Å². The average Bonchev–Trinajstić information content (AvgIpc) is 3.47. The van der Waals surface area contributed by atoms with E-state index >= 15 is 0 Å². The first-order valence-corrected chi connectivity index (χ1v) is 11.9. The van der Waals surface area contributed by atoms with Gasteiger partial charge in [0.25, 0.3) is 5.91 Å². The van der Waals surface area contributed by atoms with Gasteiger partial charge in [0.15, 0.2) is 12.4 Å². The predicted octanol–water partition coefficient (Wildman–Crippen LogP) is 7.06. The summed E-state index contributed by atoms with van der Waals surface area (Å²) in [7, 11) is 0. The van der Waals surface area contributed by atoms with Crippen molar-refractivity contribution in [3.8, 4) is 16.3 Å². The molecule has 0 bridgehead atoms. The van der Waals surface area contributed by atoms with E-state index in [9.17, 15) is 4.79 Å². The van der Waals surface area contributed by atoms with Crippen molar-refractivity contribution in [1.29, 1.82) is 0 Å². The molecule has 0 unspecified atom stereocenters. The summed E-state index contributed by atoms with van der Waals surface area (Å²) in [5.41, 5.74) is 4.13. The van der Waals surface area contributed by atoms with Gasteiger partial charge in [-0.1, -0.05) is 35.3 Å². The number of hydrogen-bond acceptors (Lipinski definition) is 5. The molecule has 0 spiro atoms. The topological polar surface area (TPSA) is 69.0 Å².